The van der Waals surface area contributed by atoms with Crippen LogP contribution in [0.2, 0.25) is 0 Å². The van der Waals surface area contributed by atoms with Crippen LogP contribution in [0.1, 0.15) is 29.3 Å². The van der Waals surface area contributed by atoms with E-state index in [1.165, 1.54) is 0 Å². The molecule has 1 aliphatic heterocycles. The maximum atomic E-state index is 12.5. The van der Waals surface area contributed by atoms with Gasteiger partial charge in [-0.2, -0.15) is 0 Å². The molecule has 0 radical (unpaired) electrons. The Labute approximate surface area is 128 Å². The summed E-state index contributed by atoms with van der Waals surface area (Å²) in [4.78, 5) is 12.5. The molecule has 21 heavy (non-hydrogen) atoms. The number of carbonyl (C=O) groups excluding carboxylic acids is 1. The predicted octanol–water partition coefficient (Wildman–Crippen LogP) is 4.10. The van der Waals surface area contributed by atoms with Gasteiger partial charge in [0, 0.05) is 11.3 Å². The molecule has 2 aromatic carbocycles. The van der Waals surface area contributed by atoms with Gasteiger partial charge < -0.3 is 10.1 Å². The summed E-state index contributed by atoms with van der Waals surface area (Å²) >= 11 is 6.16. The lowest BCUT2D eigenvalue weighted by molar-refractivity contribution is -0.117. The summed E-state index contributed by atoms with van der Waals surface area (Å²) in [7, 11) is 0. The molecule has 3 rings (SSSR count). The van der Waals surface area contributed by atoms with Gasteiger partial charge in [-0.3, -0.25) is 4.79 Å². The lowest BCUT2D eigenvalue weighted by atomic mass is 10.00. The molecule has 3 nitrogen and oxygen atoms in total. The van der Waals surface area contributed by atoms with E-state index < -0.39 is 0 Å². The summed E-state index contributed by atoms with van der Waals surface area (Å²) in [6.07, 6.45) is 0. The first-order valence-electron chi connectivity index (χ1n) is 6.92. The zero-order valence-electron chi connectivity index (χ0n) is 11.7. The predicted molar refractivity (Wildman–Crippen MR) is 84.0 cm³/mol. The standard InChI is InChI=1S/C17H16ClNO2/c1-11(18)12-6-2-4-8-15(12)19-17(20)14-10-21-16-9-5-3-7-13(14)16/h2-9,11,14H,10H2,1H3,(H,19,20). The Bertz CT molecular complexity index is 669. The maximum Gasteiger partial charge on any atom is 0.235 e. The van der Waals surface area contributed by atoms with Gasteiger partial charge in [-0.05, 0) is 24.6 Å². The molecule has 0 saturated carbocycles. The molecule has 2 unspecified atom stereocenters. The van der Waals surface area contributed by atoms with Crippen LogP contribution >= 0.6 is 11.6 Å². The number of ether oxygens (including phenoxy) is 1. The number of rotatable bonds is 3. The summed E-state index contributed by atoms with van der Waals surface area (Å²) in [6, 6.07) is 15.2. The second-order valence-electron chi connectivity index (χ2n) is 5.09. The first-order valence-corrected chi connectivity index (χ1v) is 7.36. The van der Waals surface area contributed by atoms with Crippen LogP contribution in [0.4, 0.5) is 5.69 Å². The quantitative estimate of drug-likeness (QED) is 0.867. The lowest BCUT2D eigenvalue weighted by Crippen LogP contribution is -2.22. The second-order valence-corrected chi connectivity index (χ2v) is 5.75. The maximum absolute atomic E-state index is 12.5. The Morgan fingerprint density at radius 1 is 1.24 bits per heavy atom. The van der Waals surface area contributed by atoms with Gasteiger partial charge in [0.15, 0.2) is 0 Å². The van der Waals surface area contributed by atoms with Gasteiger partial charge in [-0.15, -0.1) is 11.6 Å². The smallest absolute Gasteiger partial charge is 0.235 e. The molecule has 2 atom stereocenters. The minimum atomic E-state index is -0.278. The van der Waals surface area contributed by atoms with Gasteiger partial charge in [-0.1, -0.05) is 36.4 Å². The molecular weight excluding hydrogens is 286 g/mol. The molecule has 2 aromatic rings. The number of hydrogen-bond donors (Lipinski definition) is 1. The fraction of sp³-hybridized carbons (Fsp3) is 0.235. The van der Waals surface area contributed by atoms with E-state index in [-0.39, 0.29) is 17.2 Å². The highest BCUT2D eigenvalue weighted by Gasteiger charge is 2.30. The van der Waals surface area contributed by atoms with Gasteiger partial charge in [0.1, 0.15) is 18.3 Å². The van der Waals surface area contributed by atoms with Crippen LogP contribution in [0.3, 0.4) is 0 Å². The molecule has 1 amide bonds. The van der Waals surface area contributed by atoms with Crippen molar-refractivity contribution in [3.05, 3.63) is 59.7 Å². The van der Waals surface area contributed by atoms with Crippen molar-refractivity contribution < 1.29 is 9.53 Å². The van der Waals surface area contributed by atoms with Crippen molar-refractivity contribution in [3.8, 4) is 5.75 Å². The van der Waals surface area contributed by atoms with E-state index in [2.05, 4.69) is 5.32 Å². The Hall–Kier alpha value is -2.00. The Balaban J connectivity index is 1.82. The first-order chi connectivity index (χ1) is 10.2. The SMILES string of the molecule is CC(Cl)c1ccccc1NC(=O)C1COc2ccccc21. The summed E-state index contributed by atoms with van der Waals surface area (Å²) in [5.41, 5.74) is 2.61. The molecule has 0 spiro atoms. The molecular formula is C17H16ClNO2. The molecule has 0 aromatic heterocycles. The van der Waals surface area contributed by atoms with Crippen LogP contribution < -0.4 is 10.1 Å². The van der Waals surface area contributed by atoms with Gasteiger partial charge in [0.2, 0.25) is 5.91 Å². The van der Waals surface area contributed by atoms with Crippen molar-refractivity contribution in [1.29, 1.82) is 0 Å². The molecule has 1 N–H and O–H groups in total. The van der Waals surface area contributed by atoms with Crippen LogP contribution in [0.15, 0.2) is 48.5 Å². The summed E-state index contributed by atoms with van der Waals surface area (Å²) < 4.78 is 5.56. The summed E-state index contributed by atoms with van der Waals surface area (Å²) in [5.74, 6) is 0.446. The van der Waals surface area contributed by atoms with Gasteiger partial charge >= 0.3 is 0 Å². The number of amides is 1. The van der Waals surface area contributed by atoms with E-state index in [0.29, 0.717) is 6.61 Å². The van der Waals surface area contributed by atoms with Crippen LogP contribution in [0.25, 0.3) is 0 Å². The minimum Gasteiger partial charge on any atom is -0.492 e. The number of para-hydroxylation sites is 2. The Morgan fingerprint density at radius 3 is 2.76 bits per heavy atom. The van der Waals surface area contributed by atoms with Gasteiger partial charge in [0.05, 0.1) is 5.38 Å². The highest BCUT2D eigenvalue weighted by molar-refractivity contribution is 6.21. The van der Waals surface area contributed by atoms with E-state index >= 15 is 0 Å². The van der Waals surface area contributed by atoms with Crippen LogP contribution in [0.5, 0.6) is 5.75 Å². The third-order valence-electron chi connectivity index (χ3n) is 3.66. The van der Waals surface area contributed by atoms with Crippen molar-refractivity contribution >= 4 is 23.2 Å². The number of carbonyl (C=O) groups is 1. The average molecular weight is 302 g/mol. The summed E-state index contributed by atoms with van der Waals surface area (Å²) in [5, 5.41) is 2.81. The van der Waals surface area contributed by atoms with Gasteiger partial charge in [0.25, 0.3) is 0 Å². The molecule has 0 saturated heterocycles. The average Bonchev–Trinajstić information content (AvgIpc) is 2.91. The van der Waals surface area contributed by atoms with E-state index in [0.717, 1.165) is 22.6 Å². The third-order valence-corrected chi connectivity index (χ3v) is 3.90. The number of halogens is 1. The molecule has 0 aliphatic carbocycles. The zero-order valence-corrected chi connectivity index (χ0v) is 12.4. The fourth-order valence-electron chi connectivity index (χ4n) is 2.56. The van der Waals surface area contributed by atoms with Gasteiger partial charge in [-0.25, -0.2) is 0 Å². The highest BCUT2D eigenvalue weighted by atomic mass is 35.5. The van der Waals surface area contributed by atoms with E-state index in [9.17, 15) is 4.79 Å². The number of hydrogen-bond acceptors (Lipinski definition) is 2. The zero-order chi connectivity index (χ0) is 14.8. The number of alkyl halides is 1. The van der Waals surface area contributed by atoms with Crippen LogP contribution in [0, 0.1) is 0 Å². The topological polar surface area (TPSA) is 38.3 Å². The van der Waals surface area contributed by atoms with Crippen molar-refractivity contribution in [2.45, 2.75) is 18.2 Å². The lowest BCUT2D eigenvalue weighted by Gasteiger charge is -2.15. The van der Waals surface area contributed by atoms with E-state index in [1.54, 1.807) is 0 Å². The number of benzene rings is 2. The molecule has 1 aliphatic rings. The third kappa shape index (κ3) is 2.74. The largest absolute Gasteiger partial charge is 0.492 e. The Kier molecular flexibility index (Phi) is 3.84. The van der Waals surface area contributed by atoms with E-state index in [1.807, 2.05) is 55.5 Å². The van der Waals surface area contributed by atoms with Crippen molar-refractivity contribution in [3.63, 3.8) is 0 Å². The number of fused-ring (bicyclic) bond motifs is 1. The Morgan fingerprint density at radius 2 is 1.95 bits per heavy atom. The van der Waals surface area contributed by atoms with Crippen molar-refractivity contribution in [2.24, 2.45) is 0 Å². The monoisotopic (exact) mass is 301 g/mol. The minimum absolute atomic E-state index is 0.0651. The van der Waals surface area contributed by atoms with Crippen molar-refractivity contribution in [1.82, 2.24) is 0 Å². The van der Waals surface area contributed by atoms with Crippen LogP contribution in [-0.2, 0) is 4.79 Å². The first kappa shape index (κ1) is 14.0. The summed E-state index contributed by atoms with van der Waals surface area (Å²) in [6.45, 7) is 2.27. The molecule has 108 valence electrons. The number of nitrogens with one attached hydrogen (secondary N) is 1. The molecule has 0 fully saturated rings. The normalized spacial score (nSPS) is 17.7. The fourth-order valence-corrected chi connectivity index (χ4v) is 2.75. The van der Waals surface area contributed by atoms with Crippen molar-refractivity contribution in [2.75, 3.05) is 11.9 Å². The number of anilines is 1. The van der Waals surface area contributed by atoms with Crippen LogP contribution in [-0.4, -0.2) is 12.5 Å². The highest BCUT2D eigenvalue weighted by Crippen LogP contribution is 2.35. The second kappa shape index (κ2) is 5.78. The molecule has 4 heteroatoms. The van der Waals surface area contributed by atoms with E-state index in [4.69, 9.17) is 16.3 Å². The molecule has 0 bridgehead atoms. The molecule has 1 heterocycles.